The van der Waals surface area contributed by atoms with Crippen LogP contribution in [0.1, 0.15) is 32.6 Å². The second-order valence-electron chi connectivity index (χ2n) is 5.92. The van der Waals surface area contributed by atoms with Crippen molar-refractivity contribution in [1.82, 2.24) is 0 Å². The van der Waals surface area contributed by atoms with E-state index in [4.69, 9.17) is 5.73 Å². The second-order valence-corrected chi connectivity index (χ2v) is 5.92. The van der Waals surface area contributed by atoms with Crippen molar-refractivity contribution in [3.8, 4) is 0 Å². The summed E-state index contributed by atoms with van der Waals surface area (Å²) in [6.07, 6.45) is 5.17. The maximum Gasteiger partial charge on any atom is 0.123 e. The molecule has 0 saturated heterocycles. The Kier molecular flexibility index (Phi) is 4.81. The fourth-order valence-corrected chi connectivity index (χ4v) is 3.36. The molecule has 0 aliphatic heterocycles. The summed E-state index contributed by atoms with van der Waals surface area (Å²) in [6, 6.07) is 7.06. The van der Waals surface area contributed by atoms with Crippen LogP contribution < -0.4 is 10.6 Å². The van der Waals surface area contributed by atoms with Crippen LogP contribution in [0.5, 0.6) is 0 Å². The van der Waals surface area contributed by atoms with Crippen LogP contribution in [0.15, 0.2) is 24.3 Å². The third-order valence-electron chi connectivity index (χ3n) is 4.49. The summed E-state index contributed by atoms with van der Waals surface area (Å²) in [5, 5.41) is 0. The van der Waals surface area contributed by atoms with Crippen molar-refractivity contribution >= 4 is 5.69 Å². The van der Waals surface area contributed by atoms with E-state index in [0.29, 0.717) is 18.5 Å². The van der Waals surface area contributed by atoms with Gasteiger partial charge in [0.25, 0.3) is 0 Å². The van der Waals surface area contributed by atoms with Gasteiger partial charge in [0.2, 0.25) is 0 Å². The Balaban J connectivity index is 2.09. The first kappa shape index (κ1) is 14.3. The van der Waals surface area contributed by atoms with Crippen molar-refractivity contribution in [3.63, 3.8) is 0 Å². The van der Waals surface area contributed by atoms with Gasteiger partial charge in [0.1, 0.15) is 5.82 Å². The van der Waals surface area contributed by atoms with Gasteiger partial charge in [-0.1, -0.05) is 19.8 Å². The van der Waals surface area contributed by atoms with Crippen LogP contribution in [0.4, 0.5) is 10.1 Å². The smallest absolute Gasteiger partial charge is 0.123 e. The molecule has 1 aliphatic carbocycles. The molecule has 0 bridgehead atoms. The van der Waals surface area contributed by atoms with Gasteiger partial charge in [0, 0.05) is 25.3 Å². The molecule has 0 heterocycles. The SMILES string of the molecule is CC1CCCC(C(CN)N(C)c2ccc(F)cc2)C1. The number of hydrogen-bond donors (Lipinski definition) is 1. The van der Waals surface area contributed by atoms with Crippen molar-refractivity contribution < 1.29 is 4.39 Å². The summed E-state index contributed by atoms with van der Waals surface area (Å²) < 4.78 is 13.0. The first-order valence-corrected chi connectivity index (χ1v) is 7.30. The van der Waals surface area contributed by atoms with Crippen LogP contribution in [0.3, 0.4) is 0 Å². The molecule has 19 heavy (non-hydrogen) atoms. The highest BCUT2D eigenvalue weighted by Crippen LogP contribution is 2.33. The molecule has 0 amide bonds. The van der Waals surface area contributed by atoms with E-state index in [1.54, 1.807) is 0 Å². The first-order valence-electron chi connectivity index (χ1n) is 7.30. The molecule has 0 aromatic heterocycles. The largest absolute Gasteiger partial charge is 0.370 e. The maximum absolute atomic E-state index is 13.0. The Labute approximate surface area is 115 Å². The Bertz CT molecular complexity index is 390. The number of rotatable bonds is 4. The van der Waals surface area contributed by atoms with Gasteiger partial charge in [-0.25, -0.2) is 4.39 Å². The molecule has 3 heteroatoms. The summed E-state index contributed by atoms with van der Waals surface area (Å²) >= 11 is 0. The predicted octanol–water partition coefficient (Wildman–Crippen LogP) is 3.42. The van der Waals surface area contributed by atoms with Gasteiger partial charge < -0.3 is 10.6 Å². The molecular formula is C16H25FN2. The Morgan fingerprint density at radius 1 is 1.32 bits per heavy atom. The van der Waals surface area contributed by atoms with E-state index in [1.165, 1.54) is 37.8 Å². The van der Waals surface area contributed by atoms with E-state index >= 15 is 0 Å². The highest BCUT2D eigenvalue weighted by atomic mass is 19.1. The monoisotopic (exact) mass is 264 g/mol. The summed E-state index contributed by atoms with van der Waals surface area (Å²) in [7, 11) is 2.07. The van der Waals surface area contributed by atoms with Crippen molar-refractivity contribution in [2.24, 2.45) is 17.6 Å². The zero-order valence-corrected chi connectivity index (χ0v) is 12.0. The van der Waals surface area contributed by atoms with E-state index in [0.717, 1.165) is 11.6 Å². The van der Waals surface area contributed by atoms with Gasteiger partial charge in [-0.2, -0.15) is 0 Å². The van der Waals surface area contributed by atoms with Gasteiger partial charge in [0.15, 0.2) is 0 Å². The minimum atomic E-state index is -0.187. The Morgan fingerprint density at radius 2 is 2.00 bits per heavy atom. The van der Waals surface area contributed by atoms with E-state index < -0.39 is 0 Å². The lowest BCUT2D eigenvalue weighted by atomic mass is 9.78. The summed E-state index contributed by atoms with van der Waals surface area (Å²) in [4.78, 5) is 2.22. The van der Waals surface area contributed by atoms with Crippen LogP contribution in [-0.4, -0.2) is 19.6 Å². The third kappa shape index (κ3) is 3.47. The van der Waals surface area contributed by atoms with E-state index in [2.05, 4.69) is 18.9 Å². The van der Waals surface area contributed by atoms with Gasteiger partial charge in [0.05, 0.1) is 0 Å². The molecule has 3 unspecified atom stereocenters. The molecule has 1 aromatic carbocycles. The molecule has 2 nitrogen and oxygen atoms in total. The fraction of sp³-hybridized carbons (Fsp3) is 0.625. The summed E-state index contributed by atoms with van der Waals surface area (Å²) in [5.41, 5.74) is 7.05. The molecule has 1 saturated carbocycles. The molecule has 0 radical (unpaired) electrons. The number of anilines is 1. The minimum Gasteiger partial charge on any atom is -0.370 e. The zero-order valence-electron chi connectivity index (χ0n) is 12.0. The molecule has 2 rings (SSSR count). The van der Waals surface area contributed by atoms with E-state index in [-0.39, 0.29) is 5.82 Å². The Hall–Kier alpha value is -1.09. The van der Waals surface area contributed by atoms with E-state index in [9.17, 15) is 4.39 Å². The van der Waals surface area contributed by atoms with Crippen LogP contribution in [0.25, 0.3) is 0 Å². The molecule has 1 aliphatic rings. The van der Waals surface area contributed by atoms with Crippen LogP contribution in [0.2, 0.25) is 0 Å². The average Bonchev–Trinajstić information content (AvgIpc) is 2.40. The minimum absolute atomic E-state index is 0.187. The van der Waals surface area contributed by atoms with Crippen molar-refractivity contribution in [3.05, 3.63) is 30.1 Å². The fourth-order valence-electron chi connectivity index (χ4n) is 3.36. The normalized spacial score (nSPS) is 25.1. The van der Waals surface area contributed by atoms with Crippen molar-refractivity contribution in [2.75, 3.05) is 18.5 Å². The zero-order chi connectivity index (χ0) is 13.8. The number of likely N-dealkylation sites (N-methyl/N-ethyl adjacent to an activating group) is 1. The number of benzene rings is 1. The molecule has 1 aromatic rings. The van der Waals surface area contributed by atoms with Crippen LogP contribution in [0, 0.1) is 17.7 Å². The lowest BCUT2D eigenvalue weighted by Crippen LogP contribution is -2.45. The molecular weight excluding hydrogens is 239 g/mol. The molecule has 106 valence electrons. The van der Waals surface area contributed by atoms with Crippen LogP contribution in [-0.2, 0) is 0 Å². The molecule has 0 spiro atoms. The quantitative estimate of drug-likeness (QED) is 0.903. The number of hydrogen-bond acceptors (Lipinski definition) is 2. The standard InChI is InChI=1S/C16H25FN2/c1-12-4-3-5-13(10-12)16(11-18)19(2)15-8-6-14(17)7-9-15/h6-9,12-13,16H,3-5,10-11,18H2,1-2H3. The van der Waals surface area contributed by atoms with E-state index in [1.807, 2.05) is 12.1 Å². The lowest BCUT2D eigenvalue weighted by molar-refractivity contribution is 0.245. The summed E-state index contributed by atoms with van der Waals surface area (Å²) in [5.74, 6) is 1.27. The highest BCUT2D eigenvalue weighted by molar-refractivity contribution is 5.46. The number of halogens is 1. The maximum atomic E-state index is 13.0. The third-order valence-corrected chi connectivity index (χ3v) is 4.49. The second kappa shape index (κ2) is 6.38. The molecule has 2 N–H and O–H groups in total. The summed E-state index contributed by atoms with van der Waals surface area (Å²) in [6.45, 7) is 2.99. The van der Waals surface area contributed by atoms with Crippen LogP contribution >= 0.6 is 0 Å². The molecule has 3 atom stereocenters. The van der Waals surface area contributed by atoms with Crippen molar-refractivity contribution in [2.45, 2.75) is 38.6 Å². The van der Waals surface area contributed by atoms with Crippen molar-refractivity contribution in [1.29, 1.82) is 0 Å². The first-order chi connectivity index (χ1) is 9.11. The highest BCUT2D eigenvalue weighted by Gasteiger charge is 2.28. The van der Waals surface area contributed by atoms with Gasteiger partial charge in [-0.05, 0) is 48.9 Å². The average molecular weight is 264 g/mol. The number of nitrogens with zero attached hydrogens (tertiary/aromatic N) is 1. The lowest BCUT2D eigenvalue weighted by Gasteiger charge is -2.39. The topological polar surface area (TPSA) is 29.3 Å². The predicted molar refractivity (Wildman–Crippen MR) is 78.8 cm³/mol. The van der Waals surface area contributed by atoms with Gasteiger partial charge in [-0.3, -0.25) is 0 Å². The Morgan fingerprint density at radius 3 is 2.58 bits per heavy atom. The van der Waals surface area contributed by atoms with Gasteiger partial charge >= 0.3 is 0 Å². The number of nitrogens with two attached hydrogens (primary N) is 1. The molecule has 1 fully saturated rings. The van der Waals surface area contributed by atoms with Gasteiger partial charge in [-0.15, -0.1) is 0 Å².